The Morgan fingerprint density at radius 3 is 2.42 bits per heavy atom. The normalized spacial score (nSPS) is 11.0. The van der Waals surface area contributed by atoms with Gasteiger partial charge in [0.2, 0.25) is 0 Å². The van der Waals surface area contributed by atoms with E-state index < -0.39 is 5.97 Å². The molecule has 2 aromatic rings. The molecule has 0 unspecified atom stereocenters. The van der Waals surface area contributed by atoms with Crippen LogP contribution in [0.3, 0.4) is 0 Å². The average molecular weight is 355 g/mol. The fourth-order valence-corrected chi connectivity index (χ4v) is 2.45. The molecule has 2 rings (SSSR count). The van der Waals surface area contributed by atoms with E-state index >= 15 is 0 Å². The number of benzene rings is 2. The van der Waals surface area contributed by atoms with Crippen molar-refractivity contribution in [2.75, 3.05) is 14.2 Å². The highest BCUT2D eigenvalue weighted by Gasteiger charge is 2.19. The van der Waals surface area contributed by atoms with Gasteiger partial charge in [-0.25, -0.2) is 4.79 Å². The van der Waals surface area contributed by atoms with Gasteiger partial charge < -0.3 is 14.3 Å². The van der Waals surface area contributed by atoms with E-state index in [1.807, 2.05) is 19.1 Å². The van der Waals surface area contributed by atoms with Crippen LogP contribution in [0, 0.1) is 6.92 Å². The van der Waals surface area contributed by atoms with Crippen molar-refractivity contribution in [3.05, 3.63) is 64.7 Å². The minimum atomic E-state index is -0.596. The van der Waals surface area contributed by atoms with E-state index in [4.69, 9.17) is 14.3 Å². The quantitative estimate of drug-likeness (QED) is 0.330. The van der Waals surface area contributed by atoms with Gasteiger partial charge >= 0.3 is 5.97 Å². The summed E-state index contributed by atoms with van der Waals surface area (Å²) < 4.78 is 10.7. The maximum Gasteiger partial charge on any atom is 0.360 e. The van der Waals surface area contributed by atoms with E-state index in [9.17, 15) is 9.59 Å². The third-order valence-electron chi connectivity index (χ3n) is 3.80. The number of hydrogen-bond acceptors (Lipinski definition) is 6. The number of carbonyl (C=O) groups excluding carboxylic acids is 2. The van der Waals surface area contributed by atoms with Crippen molar-refractivity contribution in [3.8, 4) is 5.75 Å². The lowest BCUT2D eigenvalue weighted by atomic mass is 10.0. The second kappa shape index (κ2) is 8.80. The fourth-order valence-electron chi connectivity index (χ4n) is 2.45. The van der Waals surface area contributed by atoms with Gasteiger partial charge in [-0.05, 0) is 43.2 Å². The molecule has 0 aromatic heterocycles. The monoisotopic (exact) mass is 355 g/mol. The molecule has 26 heavy (non-hydrogen) atoms. The number of hydrogen-bond donors (Lipinski definition) is 0. The number of ether oxygens (including phenoxy) is 2. The molecule has 136 valence electrons. The molecular formula is C20H21NO5. The van der Waals surface area contributed by atoms with Crippen LogP contribution in [-0.4, -0.2) is 31.7 Å². The van der Waals surface area contributed by atoms with Gasteiger partial charge in [0.25, 0.3) is 0 Å². The molecule has 2 aromatic carbocycles. The number of methoxy groups -OCH3 is 1. The van der Waals surface area contributed by atoms with Gasteiger partial charge in [-0.3, -0.25) is 4.79 Å². The SMILES string of the molecule is CO/N=C(/C(=O)OC)c1ccccc1COc1ccc(C(C)=O)cc1C. The van der Waals surface area contributed by atoms with Crippen LogP contribution < -0.4 is 4.74 Å². The Balaban J connectivity index is 2.27. The maximum absolute atomic E-state index is 12.0. The molecule has 0 aliphatic carbocycles. The molecule has 0 aliphatic rings. The largest absolute Gasteiger partial charge is 0.489 e. The Kier molecular flexibility index (Phi) is 6.49. The maximum atomic E-state index is 12.0. The van der Waals surface area contributed by atoms with Crippen molar-refractivity contribution in [2.24, 2.45) is 5.16 Å². The van der Waals surface area contributed by atoms with E-state index in [1.54, 1.807) is 30.3 Å². The molecule has 0 atom stereocenters. The van der Waals surface area contributed by atoms with Gasteiger partial charge in [-0.1, -0.05) is 29.4 Å². The molecule has 0 amide bonds. The highest BCUT2D eigenvalue weighted by Crippen LogP contribution is 2.22. The standard InChI is InChI=1S/C20H21NO5/c1-13-11-15(14(2)22)9-10-18(13)26-12-16-7-5-6-8-17(16)19(21-25-4)20(23)24-3/h5-11H,12H2,1-4H3/b21-19+. The van der Waals surface area contributed by atoms with Gasteiger partial charge in [0.05, 0.1) is 7.11 Å². The van der Waals surface area contributed by atoms with Crippen LogP contribution in [-0.2, 0) is 21.0 Å². The lowest BCUT2D eigenvalue weighted by Gasteiger charge is -2.13. The molecule has 0 aliphatic heterocycles. The first kappa shape index (κ1) is 19.2. The van der Waals surface area contributed by atoms with Gasteiger partial charge in [-0.2, -0.15) is 0 Å². The second-order valence-corrected chi connectivity index (χ2v) is 5.60. The molecule has 6 heteroatoms. The molecule has 0 saturated heterocycles. The Bertz CT molecular complexity index is 842. The first-order chi connectivity index (χ1) is 12.5. The Morgan fingerprint density at radius 1 is 1.08 bits per heavy atom. The number of esters is 1. The highest BCUT2D eigenvalue weighted by molar-refractivity contribution is 6.43. The molecule has 0 spiro atoms. The van der Waals surface area contributed by atoms with Gasteiger partial charge in [0, 0.05) is 11.1 Å². The zero-order chi connectivity index (χ0) is 19.1. The van der Waals surface area contributed by atoms with Crippen LogP contribution >= 0.6 is 0 Å². The highest BCUT2D eigenvalue weighted by atomic mass is 16.6. The van der Waals surface area contributed by atoms with E-state index in [2.05, 4.69) is 5.16 Å². The predicted octanol–water partition coefficient (Wildman–Crippen LogP) is 3.30. The fraction of sp³-hybridized carbons (Fsp3) is 0.250. The average Bonchev–Trinajstić information content (AvgIpc) is 2.64. The van der Waals surface area contributed by atoms with Gasteiger partial charge in [0.1, 0.15) is 19.5 Å². The van der Waals surface area contributed by atoms with E-state index in [0.29, 0.717) is 16.9 Å². The topological polar surface area (TPSA) is 74.2 Å². The van der Waals surface area contributed by atoms with E-state index in [-0.39, 0.29) is 18.1 Å². The van der Waals surface area contributed by atoms with Gasteiger partial charge in [-0.15, -0.1) is 0 Å². The summed E-state index contributed by atoms with van der Waals surface area (Å²) in [6.45, 7) is 3.62. The smallest absolute Gasteiger partial charge is 0.360 e. The minimum Gasteiger partial charge on any atom is -0.489 e. The summed E-state index contributed by atoms with van der Waals surface area (Å²) in [7, 11) is 2.65. The van der Waals surface area contributed by atoms with Crippen LogP contribution in [0.2, 0.25) is 0 Å². The molecule has 0 heterocycles. The zero-order valence-corrected chi connectivity index (χ0v) is 15.2. The second-order valence-electron chi connectivity index (χ2n) is 5.60. The van der Waals surface area contributed by atoms with E-state index in [1.165, 1.54) is 21.1 Å². The van der Waals surface area contributed by atoms with Crippen LogP contribution in [0.1, 0.15) is 34.0 Å². The number of oxime groups is 1. The lowest BCUT2D eigenvalue weighted by Crippen LogP contribution is -2.19. The first-order valence-corrected chi connectivity index (χ1v) is 8.00. The van der Waals surface area contributed by atoms with Gasteiger partial charge in [0.15, 0.2) is 11.5 Å². The number of nitrogens with zero attached hydrogens (tertiary/aromatic N) is 1. The Hall–Kier alpha value is -3.15. The van der Waals surface area contributed by atoms with Crippen LogP contribution in [0.5, 0.6) is 5.75 Å². The molecular weight excluding hydrogens is 334 g/mol. The molecule has 0 radical (unpaired) electrons. The number of Topliss-reactive ketones (excluding diaryl/α,β-unsaturated/α-hetero) is 1. The number of rotatable bonds is 7. The third-order valence-corrected chi connectivity index (χ3v) is 3.80. The van der Waals surface area contributed by atoms with Crippen LogP contribution in [0.15, 0.2) is 47.6 Å². The predicted molar refractivity (Wildman–Crippen MR) is 97.5 cm³/mol. The summed E-state index contributed by atoms with van der Waals surface area (Å²) >= 11 is 0. The van der Waals surface area contributed by atoms with E-state index in [0.717, 1.165) is 11.1 Å². The number of carbonyl (C=O) groups is 2. The first-order valence-electron chi connectivity index (χ1n) is 8.00. The third kappa shape index (κ3) is 4.47. The molecule has 6 nitrogen and oxygen atoms in total. The summed E-state index contributed by atoms with van der Waals surface area (Å²) in [4.78, 5) is 28.2. The lowest BCUT2D eigenvalue weighted by molar-refractivity contribution is -0.132. The molecule has 0 saturated carbocycles. The number of aryl methyl sites for hydroxylation is 1. The zero-order valence-electron chi connectivity index (χ0n) is 15.2. The van der Waals surface area contributed by atoms with Crippen molar-refractivity contribution in [2.45, 2.75) is 20.5 Å². The van der Waals surface area contributed by atoms with Crippen molar-refractivity contribution in [1.29, 1.82) is 0 Å². The summed E-state index contributed by atoms with van der Waals surface area (Å²) in [5.74, 6) is 0.0675. The minimum absolute atomic E-state index is 0.00323. The Labute approximate surface area is 152 Å². The van der Waals surface area contributed by atoms with Crippen LogP contribution in [0.4, 0.5) is 0 Å². The summed E-state index contributed by atoms with van der Waals surface area (Å²) in [5, 5.41) is 3.78. The summed E-state index contributed by atoms with van der Waals surface area (Å²) in [5.41, 5.74) is 2.88. The molecule has 0 bridgehead atoms. The van der Waals surface area contributed by atoms with Crippen LogP contribution in [0.25, 0.3) is 0 Å². The summed E-state index contributed by atoms with van der Waals surface area (Å²) in [6, 6.07) is 12.5. The van der Waals surface area contributed by atoms with Crippen molar-refractivity contribution in [1.82, 2.24) is 0 Å². The van der Waals surface area contributed by atoms with Crippen molar-refractivity contribution < 1.29 is 23.9 Å². The van der Waals surface area contributed by atoms with Crippen molar-refractivity contribution in [3.63, 3.8) is 0 Å². The number of ketones is 1. The summed E-state index contributed by atoms with van der Waals surface area (Å²) in [6.07, 6.45) is 0. The van der Waals surface area contributed by atoms with Crippen molar-refractivity contribution >= 4 is 17.5 Å². The molecule has 0 N–H and O–H groups in total. The molecule has 0 fully saturated rings. The Morgan fingerprint density at radius 2 is 1.81 bits per heavy atom.